The molecule has 0 saturated carbocycles. The van der Waals surface area contributed by atoms with E-state index in [2.05, 4.69) is 28.3 Å². The van der Waals surface area contributed by atoms with Gasteiger partial charge >= 0.3 is 0 Å². The Hall–Kier alpha value is -1.98. The molecule has 6 heteroatoms. The minimum atomic E-state index is -0.0416. The summed E-state index contributed by atoms with van der Waals surface area (Å²) in [4.78, 5) is 22.5. The first-order valence-electron chi connectivity index (χ1n) is 8.06. The molecule has 0 spiro atoms. The first-order valence-corrected chi connectivity index (χ1v) is 8.43. The molecule has 0 unspecified atom stereocenters. The molecule has 0 aliphatic carbocycles. The fraction of sp³-hybridized carbons (Fsp3) is 0.389. The van der Waals surface area contributed by atoms with Crippen LogP contribution in [0, 0.1) is 6.92 Å². The van der Waals surface area contributed by atoms with Crippen LogP contribution in [0.1, 0.15) is 31.3 Å². The predicted octanol–water partition coefficient (Wildman–Crippen LogP) is 2.99. The number of hydrogen-bond donors (Lipinski definition) is 1. The number of benzene rings is 1. The Morgan fingerprint density at radius 3 is 2.62 bits per heavy atom. The fourth-order valence-electron chi connectivity index (χ4n) is 3.25. The van der Waals surface area contributed by atoms with E-state index in [4.69, 9.17) is 11.6 Å². The monoisotopic (exact) mass is 344 g/mol. The average molecular weight is 345 g/mol. The van der Waals surface area contributed by atoms with E-state index in [0.717, 1.165) is 29.1 Å². The van der Waals surface area contributed by atoms with Crippen LogP contribution >= 0.6 is 11.6 Å². The number of piperazine rings is 1. The van der Waals surface area contributed by atoms with Crippen LogP contribution in [0.4, 0.5) is 0 Å². The SMILES string of the molecule is CC(=O)N1CCN[C@H](C)[C@H]1c1cc(Cl)cc(-c2cnc(C)nc2)c1. The van der Waals surface area contributed by atoms with Crippen LogP contribution in [-0.2, 0) is 4.79 Å². The maximum Gasteiger partial charge on any atom is 0.220 e. The molecule has 2 aromatic rings. The number of rotatable bonds is 2. The van der Waals surface area contributed by atoms with Gasteiger partial charge in [0.2, 0.25) is 5.91 Å². The highest BCUT2D eigenvalue weighted by molar-refractivity contribution is 6.31. The van der Waals surface area contributed by atoms with Gasteiger partial charge in [-0.2, -0.15) is 0 Å². The van der Waals surface area contributed by atoms with Gasteiger partial charge in [0.05, 0.1) is 6.04 Å². The highest BCUT2D eigenvalue weighted by Crippen LogP contribution is 2.32. The highest BCUT2D eigenvalue weighted by Gasteiger charge is 2.31. The summed E-state index contributed by atoms with van der Waals surface area (Å²) in [6.45, 7) is 7.06. The average Bonchev–Trinajstić information content (AvgIpc) is 2.54. The Labute approximate surface area is 147 Å². The quantitative estimate of drug-likeness (QED) is 0.910. The number of halogens is 1. The van der Waals surface area contributed by atoms with Gasteiger partial charge in [0.25, 0.3) is 0 Å². The molecule has 2 atom stereocenters. The van der Waals surface area contributed by atoms with Crippen molar-refractivity contribution in [2.45, 2.75) is 32.9 Å². The van der Waals surface area contributed by atoms with Gasteiger partial charge in [-0.05, 0) is 43.2 Å². The van der Waals surface area contributed by atoms with Gasteiger partial charge in [-0.3, -0.25) is 4.79 Å². The summed E-state index contributed by atoms with van der Waals surface area (Å²) in [5.74, 6) is 0.808. The molecule has 1 aromatic carbocycles. The second kappa shape index (κ2) is 6.87. The van der Waals surface area contributed by atoms with E-state index >= 15 is 0 Å². The molecule has 1 aliphatic heterocycles. The number of carbonyl (C=O) groups is 1. The molecule has 1 fully saturated rings. The highest BCUT2D eigenvalue weighted by atomic mass is 35.5. The standard InChI is InChI=1S/C18H21ClN4O/c1-11-18(23(13(3)24)5-4-20-11)15-6-14(7-17(19)8-15)16-9-21-12(2)22-10-16/h6-11,18,20H,4-5H2,1-3H3/t11-,18+/m1/s1. The molecule has 24 heavy (non-hydrogen) atoms. The summed E-state index contributed by atoms with van der Waals surface area (Å²) < 4.78 is 0. The Balaban J connectivity index is 2.04. The molecule has 0 radical (unpaired) electrons. The van der Waals surface area contributed by atoms with Crippen molar-refractivity contribution in [1.29, 1.82) is 0 Å². The third-order valence-electron chi connectivity index (χ3n) is 4.41. The van der Waals surface area contributed by atoms with Crippen LogP contribution in [0.25, 0.3) is 11.1 Å². The molecule has 5 nitrogen and oxygen atoms in total. The summed E-state index contributed by atoms with van der Waals surface area (Å²) in [6, 6.07) is 6.02. The maximum atomic E-state index is 12.1. The van der Waals surface area contributed by atoms with Crippen LogP contribution in [0.5, 0.6) is 0 Å². The predicted molar refractivity (Wildman–Crippen MR) is 94.8 cm³/mol. The fourth-order valence-corrected chi connectivity index (χ4v) is 3.49. The van der Waals surface area contributed by atoms with E-state index in [0.29, 0.717) is 11.6 Å². The van der Waals surface area contributed by atoms with E-state index in [1.165, 1.54) is 0 Å². The summed E-state index contributed by atoms with van der Waals surface area (Å²) in [7, 11) is 0. The molecule has 1 saturated heterocycles. The van der Waals surface area contributed by atoms with Crippen LogP contribution in [0.2, 0.25) is 5.02 Å². The van der Waals surface area contributed by atoms with Crippen molar-refractivity contribution >= 4 is 17.5 Å². The zero-order chi connectivity index (χ0) is 17.3. The topological polar surface area (TPSA) is 58.1 Å². The number of carbonyl (C=O) groups excluding carboxylic acids is 1. The van der Waals surface area contributed by atoms with Crippen molar-refractivity contribution in [3.8, 4) is 11.1 Å². The van der Waals surface area contributed by atoms with Gasteiger partial charge in [-0.15, -0.1) is 0 Å². The van der Waals surface area contributed by atoms with E-state index in [9.17, 15) is 4.79 Å². The largest absolute Gasteiger partial charge is 0.333 e. The molecule has 1 amide bonds. The number of aryl methyl sites for hydroxylation is 1. The van der Waals surface area contributed by atoms with Crippen molar-refractivity contribution in [2.24, 2.45) is 0 Å². The summed E-state index contributed by atoms with van der Waals surface area (Å²) in [6.07, 6.45) is 3.59. The van der Waals surface area contributed by atoms with E-state index in [1.54, 1.807) is 19.3 Å². The summed E-state index contributed by atoms with van der Waals surface area (Å²) in [5, 5.41) is 4.08. The number of nitrogens with zero attached hydrogens (tertiary/aromatic N) is 3. The molecule has 2 heterocycles. The normalized spacial score (nSPS) is 20.9. The molecule has 126 valence electrons. The number of amides is 1. The van der Waals surface area contributed by atoms with Crippen LogP contribution in [-0.4, -0.2) is 39.9 Å². The zero-order valence-electron chi connectivity index (χ0n) is 14.1. The van der Waals surface area contributed by atoms with Gasteiger partial charge in [0, 0.05) is 49.0 Å². The van der Waals surface area contributed by atoms with Gasteiger partial charge in [0.15, 0.2) is 0 Å². The number of aromatic nitrogens is 2. The number of nitrogens with one attached hydrogen (secondary N) is 1. The van der Waals surface area contributed by atoms with Crippen molar-refractivity contribution in [3.63, 3.8) is 0 Å². The Kier molecular flexibility index (Phi) is 4.83. The second-order valence-electron chi connectivity index (χ2n) is 6.19. The lowest BCUT2D eigenvalue weighted by Crippen LogP contribution is -2.52. The summed E-state index contributed by atoms with van der Waals surface area (Å²) >= 11 is 6.36. The zero-order valence-corrected chi connectivity index (χ0v) is 14.8. The lowest BCUT2D eigenvalue weighted by atomic mass is 9.94. The van der Waals surface area contributed by atoms with Crippen molar-refractivity contribution in [3.05, 3.63) is 47.0 Å². The summed E-state index contributed by atoms with van der Waals surface area (Å²) in [5.41, 5.74) is 2.89. The minimum Gasteiger partial charge on any atom is -0.333 e. The van der Waals surface area contributed by atoms with E-state index < -0.39 is 0 Å². The Morgan fingerprint density at radius 1 is 1.25 bits per heavy atom. The maximum absolute atomic E-state index is 12.1. The van der Waals surface area contributed by atoms with Crippen molar-refractivity contribution in [2.75, 3.05) is 13.1 Å². The molecule has 1 N–H and O–H groups in total. The second-order valence-corrected chi connectivity index (χ2v) is 6.63. The third-order valence-corrected chi connectivity index (χ3v) is 4.63. The Bertz CT molecular complexity index is 747. The number of hydrogen-bond acceptors (Lipinski definition) is 4. The molecule has 1 aliphatic rings. The van der Waals surface area contributed by atoms with Crippen LogP contribution < -0.4 is 5.32 Å². The molecular formula is C18H21ClN4O. The smallest absolute Gasteiger partial charge is 0.220 e. The molecule has 3 rings (SSSR count). The lowest BCUT2D eigenvalue weighted by Gasteiger charge is -2.40. The Morgan fingerprint density at radius 2 is 1.96 bits per heavy atom. The van der Waals surface area contributed by atoms with Crippen molar-refractivity contribution < 1.29 is 4.79 Å². The lowest BCUT2D eigenvalue weighted by molar-refractivity contribution is -0.133. The third kappa shape index (κ3) is 3.42. The first-order chi connectivity index (χ1) is 11.5. The van der Waals surface area contributed by atoms with Crippen molar-refractivity contribution in [1.82, 2.24) is 20.2 Å². The van der Waals surface area contributed by atoms with E-state index in [-0.39, 0.29) is 18.0 Å². The van der Waals surface area contributed by atoms with Crippen LogP contribution in [0.3, 0.4) is 0 Å². The van der Waals surface area contributed by atoms with Gasteiger partial charge in [-0.1, -0.05) is 11.6 Å². The van der Waals surface area contributed by atoms with E-state index in [1.807, 2.05) is 24.0 Å². The minimum absolute atomic E-state index is 0.0416. The van der Waals surface area contributed by atoms with Gasteiger partial charge in [-0.25, -0.2) is 9.97 Å². The molecule has 0 bridgehead atoms. The van der Waals surface area contributed by atoms with Gasteiger partial charge < -0.3 is 10.2 Å². The van der Waals surface area contributed by atoms with Gasteiger partial charge in [0.1, 0.15) is 5.82 Å². The molecule has 1 aromatic heterocycles. The van der Waals surface area contributed by atoms with Crippen LogP contribution in [0.15, 0.2) is 30.6 Å². The molecular weight excluding hydrogens is 324 g/mol. The first kappa shape index (κ1) is 16.9.